The summed E-state index contributed by atoms with van der Waals surface area (Å²) in [4.78, 5) is 50.0. The first-order chi connectivity index (χ1) is 19.1. The summed E-state index contributed by atoms with van der Waals surface area (Å²) >= 11 is 0. The molecule has 0 spiro atoms. The van der Waals surface area contributed by atoms with Gasteiger partial charge in [-0.3, -0.25) is 9.59 Å². The Bertz CT molecular complexity index is 1740. The van der Waals surface area contributed by atoms with Gasteiger partial charge in [-0.1, -0.05) is 35.4 Å². The minimum absolute atomic E-state index is 0.119. The van der Waals surface area contributed by atoms with Crippen LogP contribution in [0.25, 0.3) is 16.6 Å². The van der Waals surface area contributed by atoms with Gasteiger partial charge in [-0.05, 0) is 43.7 Å². The van der Waals surface area contributed by atoms with E-state index < -0.39 is 29.6 Å². The van der Waals surface area contributed by atoms with Crippen LogP contribution in [0.15, 0.2) is 82.8 Å². The van der Waals surface area contributed by atoms with Crippen molar-refractivity contribution in [1.29, 1.82) is 0 Å². The largest absolute Gasteiger partial charge is 0.479 e. The highest BCUT2D eigenvalue weighted by atomic mass is 16.7. The summed E-state index contributed by atoms with van der Waals surface area (Å²) in [6.45, 7) is 5.22. The molecular formula is C29H28N6O5. The minimum atomic E-state index is -1.27. The summed E-state index contributed by atoms with van der Waals surface area (Å²) in [5, 5.41) is 16.6. The summed E-state index contributed by atoms with van der Waals surface area (Å²) in [6.07, 6.45) is 2.15. The average molecular weight is 541 g/mol. The predicted molar refractivity (Wildman–Crippen MR) is 148 cm³/mol. The molecule has 4 aromatic rings. The van der Waals surface area contributed by atoms with Crippen molar-refractivity contribution in [3.05, 3.63) is 89.0 Å². The van der Waals surface area contributed by atoms with Gasteiger partial charge in [0.15, 0.2) is 0 Å². The second-order valence-electron chi connectivity index (χ2n) is 10.6. The van der Waals surface area contributed by atoms with Crippen molar-refractivity contribution in [2.24, 2.45) is 17.5 Å². The third-order valence-corrected chi connectivity index (χ3v) is 7.65. The fourth-order valence-corrected chi connectivity index (χ4v) is 5.72. The number of carboxylic acid groups (broad SMARTS) is 1. The summed E-state index contributed by atoms with van der Waals surface area (Å²) in [6, 6.07) is 17.1. The number of rotatable bonds is 5. The lowest BCUT2D eigenvalue weighted by Gasteiger charge is -2.36. The number of aliphatic imine (C=N–C) groups is 1. The Kier molecular flexibility index (Phi) is 5.84. The third kappa shape index (κ3) is 3.89. The number of hydroxylamine groups is 2. The van der Waals surface area contributed by atoms with E-state index in [1.165, 1.54) is 15.7 Å². The number of aliphatic carboxylic acids is 1. The molecule has 4 heterocycles. The van der Waals surface area contributed by atoms with E-state index in [-0.39, 0.29) is 17.4 Å². The molecule has 0 bridgehead atoms. The first kappa shape index (κ1) is 25.5. The highest BCUT2D eigenvalue weighted by molar-refractivity contribution is 6.03. The molecule has 40 heavy (non-hydrogen) atoms. The number of pyridine rings is 1. The van der Waals surface area contributed by atoms with E-state index in [2.05, 4.69) is 10.1 Å². The van der Waals surface area contributed by atoms with Gasteiger partial charge in [-0.2, -0.15) is 5.10 Å². The Labute approximate surface area is 229 Å². The number of carboxylic acids is 1. The molecular weight excluding hydrogens is 512 g/mol. The number of fused-ring (bicyclic) bond motifs is 1. The van der Waals surface area contributed by atoms with Crippen molar-refractivity contribution in [2.75, 3.05) is 4.90 Å². The molecule has 1 N–H and O–H groups in total. The van der Waals surface area contributed by atoms with Gasteiger partial charge >= 0.3 is 5.97 Å². The second kappa shape index (κ2) is 9.16. The maximum absolute atomic E-state index is 14.2. The molecule has 1 fully saturated rings. The van der Waals surface area contributed by atoms with Gasteiger partial charge in [0, 0.05) is 37.3 Å². The Balaban J connectivity index is 1.47. The van der Waals surface area contributed by atoms with Gasteiger partial charge in [0.05, 0.1) is 34.9 Å². The fourth-order valence-electron chi connectivity index (χ4n) is 5.72. The number of nitrogens with zero attached hydrogens (tertiary/aromatic N) is 6. The zero-order valence-electron chi connectivity index (χ0n) is 22.4. The number of hydrogen-bond acceptors (Lipinski definition) is 7. The quantitative estimate of drug-likeness (QED) is 0.412. The first-order valence-corrected chi connectivity index (χ1v) is 12.8. The second-order valence-corrected chi connectivity index (χ2v) is 10.6. The predicted octanol–water partition coefficient (Wildman–Crippen LogP) is 3.28. The van der Waals surface area contributed by atoms with Crippen molar-refractivity contribution in [1.82, 2.24) is 19.4 Å². The van der Waals surface area contributed by atoms with Crippen LogP contribution in [0.3, 0.4) is 0 Å². The molecule has 2 aliphatic rings. The van der Waals surface area contributed by atoms with E-state index in [4.69, 9.17) is 4.84 Å². The van der Waals surface area contributed by atoms with E-state index in [9.17, 15) is 19.5 Å². The topological polar surface area (TPSA) is 122 Å². The molecule has 1 unspecified atom stereocenters. The molecule has 2 aromatic heterocycles. The zero-order valence-corrected chi connectivity index (χ0v) is 22.4. The van der Waals surface area contributed by atoms with E-state index in [1.807, 2.05) is 62.4 Å². The van der Waals surface area contributed by atoms with Crippen molar-refractivity contribution in [3.63, 3.8) is 0 Å². The summed E-state index contributed by atoms with van der Waals surface area (Å²) in [7, 11) is 1.68. The van der Waals surface area contributed by atoms with Crippen LogP contribution in [0.4, 0.5) is 5.69 Å². The van der Waals surface area contributed by atoms with Gasteiger partial charge in [0.1, 0.15) is 0 Å². The number of hydrogen-bond donors (Lipinski definition) is 1. The smallest absolute Gasteiger partial charge is 0.346 e. The van der Waals surface area contributed by atoms with E-state index in [1.54, 1.807) is 42.0 Å². The number of anilines is 1. The molecule has 11 nitrogen and oxygen atoms in total. The van der Waals surface area contributed by atoms with Gasteiger partial charge in [-0.25, -0.2) is 14.5 Å². The van der Waals surface area contributed by atoms with Crippen molar-refractivity contribution in [3.8, 4) is 5.69 Å². The Hall–Kier alpha value is -4.77. The molecule has 3 atom stereocenters. The number of benzene rings is 2. The molecule has 0 aliphatic carbocycles. The van der Waals surface area contributed by atoms with Crippen molar-refractivity contribution in [2.45, 2.75) is 39.0 Å². The van der Waals surface area contributed by atoms with Gasteiger partial charge in [0.25, 0.3) is 0 Å². The van der Waals surface area contributed by atoms with E-state index in [0.29, 0.717) is 5.69 Å². The summed E-state index contributed by atoms with van der Waals surface area (Å²) in [5.74, 6) is -1.10. The highest BCUT2D eigenvalue weighted by Crippen LogP contribution is 2.50. The molecule has 0 saturated carbocycles. The van der Waals surface area contributed by atoms with Crippen LogP contribution in [0.1, 0.15) is 32.4 Å². The Morgan fingerprint density at radius 2 is 1.75 bits per heavy atom. The highest BCUT2D eigenvalue weighted by Gasteiger charge is 2.60. The van der Waals surface area contributed by atoms with Crippen LogP contribution in [-0.2, 0) is 21.5 Å². The molecule has 204 valence electrons. The number of amides is 1. The molecule has 2 aliphatic heterocycles. The zero-order chi connectivity index (χ0) is 28.3. The minimum Gasteiger partial charge on any atom is -0.479 e. The van der Waals surface area contributed by atoms with Crippen LogP contribution in [-0.4, -0.2) is 54.5 Å². The molecule has 6 rings (SSSR count). The van der Waals surface area contributed by atoms with Crippen LogP contribution < -0.4 is 10.5 Å². The van der Waals surface area contributed by atoms with Gasteiger partial charge in [0.2, 0.25) is 23.5 Å². The molecule has 0 radical (unpaired) electrons. The Morgan fingerprint density at radius 1 is 1.02 bits per heavy atom. The number of carbonyl (C=O) groups is 2. The lowest BCUT2D eigenvalue weighted by molar-refractivity contribution is -0.176. The molecule has 2 aromatic carbocycles. The van der Waals surface area contributed by atoms with Gasteiger partial charge < -0.3 is 19.4 Å². The van der Waals surface area contributed by atoms with Crippen molar-refractivity contribution < 1.29 is 19.5 Å². The van der Waals surface area contributed by atoms with E-state index >= 15 is 0 Å². The normalized spacial score (nSPS) is 22.5. The lowest BCUT2D eigenvalue weighted by atomic mass is 9.82. The van der Waals surface area contributed by atoms with Crippen LogP contribution in [0.2, 0.25) is 0 Å². The monoisotopic (exact) mass is 540 g/mol. The lowest BCUT2D eigenvalue weighted by Crippen LogP contribution is -2.51. The molecule has 1 amide bonds. The molecule has 11 heteroatoms. The summed E-state index contributed by atoms with van der Waals surface area (Å²) in [5.41, 5.74) is 1.87. The standard InChI is InChI=1S/C29H28N6O5/c1-17-31-26(27(37)38)35(40-17)25-24(18-8-6-5-7-9-18)33(28(39)29(25,2)3)20-10-12-22-19(14-20)15-30-34(22)21-11-13-23(36)32(4)16-21/h5-16,24-26H,1-4H3,(H,37,38)/t24-,25-,26?/m1/s1. The van der Waals surface area contributed by atoms with Crippen LogP contribution >= 0.6 is 0 Å². The maximum Gasteiger partial charge on any atom is 0.346 e. The third-order valence-electron chi connectivity index (χ3n) is 7.65. The Morgan fingerprint density at radius 3 is 2.45 bits per heavy atom. The van der Waals surface area contributed by atoms with Crippen LogP contribution in [0.5, 0.6) is 0 Å². The van der Waals surface area contributed by atoms with Gasteiger partial charge in [-0.15, -0.1) is 0 Å². The van der Waals surface area contributed by atoms with Crippen LogP contribution in [0, 0.1) is 5.41 Å². The number of aryl methyl sites for hydroxylation is 1. The molecule has 1 saturated heterocycles. The van der Waals surface area contributed by atoms with Crippen molar-refractivity contribution >= 4 is 34.4 Å². The number of carbonyl (C=O) groups excluding carboxylic acids is 1. The summed E-state index contributed by atoms with van der Waals surface area (Å²) < 4.78 is 3.23. The fraction of sp³-hybridized carbons (Fsp3) is 0.276. The average Bonchev–Trinajstić information content (AvgIpc) is 3.58. The maximum atomic E-state index is 14.2. The first-order valence-electron chi connectivity index (χ1n) is 12.8. The number of aromatic nitrogens is 3. The van der Waals surface area contributed by atoms with E-state index in [0.717, 1.165) is 22.2 Å². The SMILES string of the molecule is CC1=NC(C(=O)O)N([C@@H]2[C@@H](c3ccccc3)N(c3ccc4c(cnn4-c4ccc(=O)n(C)c4)c3)C(=O)C2(C)C)O1.